The predicted molar refractivity (Wildman–Crippen MR) is 102 cm³/mol. The Kier molecular flexibility index (Phi) is 8.35. The molecule has 1 fully saturated rings. The summed E-state index contributed by atoms with van der Waals surface area (Å²) in [4.78, 5) is 25.6. The Morgan fingerprint density at radius 3 is 2.29 bits per heavy atom. The molecule has 3 rings (SSSR count). The van der Waals surface area contributed by atoms with Gasteiger partial charge < -0.3 is 15.2 Å². The molecule has 1 heterocycles. The number of likely N-dealkylation sites (tertiary alicyclic amines) is 1. The summed E-state index contributed by atoms with van der Waals surface area (Å²) in [5.41, 5.74) is 0.852. The van der Waals surface area contributed by atoms with Gasteiger partial charge in [0.2, 0.25) is 5.91 Å². The number of amides is 1. The summed E-state index contributed by atoms with van der Waals surface area (Å²) < 4.78 is 38.2. The van der Waals surface area contributed by atoms with Crippen LogP contribution in [-0.2, 0) is 17.5 Å². The van der Waals surface area contributed by atoms with E-state index in [4.69, 9.17) is 0 Å². The Morgan fingerprint density at radius 2 is 1.74 bits per heavy atom. The van der Waals surface area contributed by atoms with E-state index in [1.54, 1.807) is 19.1 Å². The standard InChI is InChI=1S/C22H23F3N2O3.Li/c1-14(16-6-8-17(9-7-16)21(29)30)26-20(28)19-3-2-12-27(19)13-15-4-10-18(11-5-15)22(23,24)25;/h4-11,14,19H,2-3,12-13H2,1H3,(H,26,28)(H,29,30);/q;+1/p-1/t14-,19?;/m0./s1. The third-order valence-electron chi connectivity index (χ3n) is 5.34. The molecule has 0 aromatic heterocycles. The number of halogens is 3. The van der Waals surface area contributed by atoms with Gasteiger partial charge in [-0.05, 0) is 55.1 Å². The number of carbonyl (C=O) groups excluding carboxylic acids is 2. The average Bonchev–Trinajstić information content (AvgIpc) is 3.16. The normalized spacial score (nSPS) is 17.6. The van der Waals surface area contributed by atoms with E-state index >= 15 is 0 Å². The van der Waals surface area contributed by atoms with Crippen LogP contribution in [0.3, 0.4) is 0 Å². The largest absolute Gasteiger partial charge is 1.00 e. The average molecular weight is 426 g/mol. The Balaban J connectivity index is 0.00000341. The zero-order valence-corrected chi connectivity index (χ0v) is 17.4. The molecule has 0 radical (unpaired) electrons. The first-order valence-corrected chi connectivity index (χ1v) is 9.67. The topological polar surface area (TPSA) is 72.5 Å². The van der Waals surface area contributed by atoms with Crippen LogP contribution in [0.25, 0.3) is 0 Å². The van der Waals surface area contributed by atoms with Crippen molar-refractivity contribution in [1.29, 1.82) is 0 Å². The van der Waals surface area contributed by atoms with E-state index in [1.807, 2.05) is 4.90 Å². The number of alkyl halides is 3. The summed E-state index contributed by atoms with van der Waals surface area (Å²) in [5, 5.41) is 13.8. The molecule has 160 valence electrons. The molecule has 0 saturated carbocycles. The molecule has 2 aromatic carbocycles. The third kappa shape index (κ3) is 6.36. The molecule has 1 aliphatic heterocycles. The number of benzene rings is 2. The number of nitrogens with zero attached hydrogens (tertiary/aromatic N) is 1. The van der Waals surface area contributed by atoms with Gasteiger partial charge in [-0.3, -0.25) is 9.69 Å². The minimum Gasteiger partial charge on any atom is -0.545 e. The van der Waals surface area contributed by atoms with Crippen LogP contribution < -0.4 is 29.3 Å². The Labute approximate surface area is 190 Å². The van der Waals surface area contributed by atoms with Crippen LogP contribution in [0.2, 0.25) is 0 Å². The summed E-state index contributed by atoms with van der Waals surface area (Å²) in [6.45, 7) is 2.89. The van der Waals surface area contributed by atoms with E-state index in [2.05, 4.69) is 5.32 Å². The second kappa shape index (κ2) is 10.4. The van der Waals surface area contributed by atoms with Crippen molar-refractivity contribution in [2.75, 3.05) is 6.54 Å². The molecule has 31 heavy (non-hydrogen) atoms. The van der Waals surface area contributed by atoms with Crippen LogP contribution >= 0.6 is 0 Å². The predicted octanol–water partition coefficient (Wildman–Crippen LogP) is -0.0853. The van der Waals surface area contributed by atoms with Crippen LogP contribution in [0, 0.1) is 0 Å². The van der Waals surface area contributed by atoms with Gasteiger partial charge in [-0.15, -0.1) is 0 Å². The van der Waals surface area contributed by atoms with Crippen LogP contribution in [0.5, 0.6) is 0 Å². The van der Waals surface area contributed by atoms with Crippen molar-refractivity contribution in [2.24, 2.45) is 0 Å². The number of carboxylic acids is 1. The number of nitrogens with one attached hydrogen (secondary N) is 1. The number of carbonyl (C=O) groups is 2. The van der Waals surface area contributed by atoms with Gasteiger partial charge in [-0.1, -0.05) is 36.4 Å². The fraction of sp³-hybridized carbons (Fsp3) is 0.364. The second-order valence-electron chi connectivity index (χ2n) is 7.46. The summed E-state index contributed by atoms with van der Waals surface area (Å²) in [5.74, 6) is -1.42. The fourth-order valence-corrected chi connectivity index (χ4v) is 3.65. The smallest absolute Gasteiger partial charge is 0.545 e. The monoisotopic (exact) mass is 426 g/mol. The maximum Gasteiger partial charge on any atom is 1.00 e. The summed E-state index contributed by atoms with van der Waals surface area (Å²) in [6.07, 6.45) is -2.87. The van der Waals surface area contributed by atoms with Crippen LogP contribution in [0.1, 0.15) is 52.9 Å². The number of carboxylic acid groups (broad SMARTS) is 1. The maximum atomic E-state index is 12.8. The molecule has 5 nitrogen and oxygen atoms in total. The number of aromatic carboxylic acids is 1. The van der Waals surface area contributed by atoms with Crippen LogP contribution in [-0.4, -0.2) is 29.4 Å². The van der Waals surface area contributed by atoms with E-state index in [9.17, 15) is 27.9 Å². The quantitative estimate of drug-likeness (QED) is 0.656. The van der Waals surface area contributed by atoms with Crippen molar-refractivity contribution < 1.29 is 46.7 Å². The molecule has 1 unspecified atom stereocenters. The molecular weight excluding hydrogens is 404 g/mol. The van der Waals surface area contributed by atoms with Crippen molar-refractivity contribution in [3.05, 3.63) is 70.8 Å². The zero-order chi connectivity index (χ0) is 21.9. The third-order valence-corrected chi connectivity index (χ3v) is 5.34. The van der Waals surface area contributed by atoms with Crippen LogP contribution in [0.15, 0.2) is 48.5 Å². The van der Waals surface area contributed by atoms with E-state index in [0.717, 1.165) is 24.1 Å². The van der Waals surface area contributed by atoms with Gasteiger partial charge in [0, 0.05) is 6.54 Å². The molecule has 1 aliphatic rings. The van der Waals surface area contributed by atoms with Crippen molar-refractivity contribution in [3.8, 4) is 0 Å². The van der Waals surface area contributed by atoms with Crippen molar-refractivity contribution >= 4 is 11.9 Å². The minimum absolute atomic E-state index is 0. The molecule has 2 aromatic rings. The van der Waals surface area contributed by atoms with Crippen molar-refractivity contribution in [2.45, 2.75) is 44.6 Å². The molecule has 0 aliphatic carbocycles. The molecule has 9 heteroatoms. The van der Waals surface area contributed by atoms with Gasteiger partial charge in [-0.2, -0.15) is 13.2 Å². The van der Waals surface area contributed by atoms with E-state index < -0.39 is 17.7 Å². The van der Waals surface area contributed by atoms with E-state index in [1.165, 1.54) is 24.3 Å². The first-order chi connectivity index (χ1) is 14.1. The number of hydrogen-bond donors (Lipinski definition) is 1. The van der Waals surface area contributed by atoms with E-state index in [-0.39, 0.29) is 42.4 Å². The van der Waals surface area contributed by atoms with Gasteiger partial charge in [0.15, 0.2) is 0 Å². The fourth-order valence-electron chi connectivity index (χ4n) is 3.65. The first-order valence-electron chi connectivity index (χ1n) is 9.67. The van der Waals surface area contributed by atoms with Crippen LogP contribution in [0.4, 0.5) is 13.2 Å². The van der Waals surface area contributed by atoms with Gasteiger partial charge in [-0.25, -0.2) is 0 Å². The summed E-state index contributed by atoms with van der Waals surface area (Å²) >= 11 is 0. The Bertz CT molecular complexity index is 902. The molecule has 0 bridgehead atoms. The van der Waals surface area contributed by atoms with E-state index in [0.29, 0.717) is 25.1 Å². The molecule has 1 amide bonds. The summed E-state index contributed by atoms with van der Waals surface area (Å²) in [6, 6.07) is 10.4. The second-order valence-corrected chi connectivity index (χ2v) is 7.46. The maximum absolute atomic E-state index is 12.8. The van der Waals surface area contributed by atoms with Crippen molar-refractivity contribution in [1.82, 2.24) is 10.2 Å². The number of rotatable bonds is 6. The molecule has 1 saturated heterocycles. The van der Waals surface area contributed by atoms with Gasteiger partial charge in [0.25, 0.3) is 0 Å². The zero-order valence-electron chi connectivity index (χ0n) is 17.4. The van der Waals surface area contributed by atoms with Crippen molar-refractivity contribution in [3.63, 3.8) is 0 Å². The molecule has 0 spiro atoms. The minimum atomic E-state index is -4.37. The SMILES string of the molecule is C[C@H](NC(=O)C1CCCN1Cc1ccc(C(F)(F)F)cc1)c1ccc(C(=O)[O-])cc1.[Li+]. The summed E-state index contributed by atoms with van der Waals surface area (Å²) in [7, 11) is 0. The molecule has 1 N–H and O–H groups in total. The molecular formula is C22H22F3LiN2O3. The number of hydrogen-bond acceptors (Lipinski definition) is 4. The van der Waals surface area contributed by atoms with Gasteiger partial charge in [0.05, 0.1) is 23.6 Å². The Hall–Kier alpha value is -2.27. The first kappa shape index (κ1) is 25.0. The Morgan fingerprint density at radius 1 is 1.13 bits per heavy atom. The van der Waals surface area contributed by atoms with Gasteiger partial charge in [0.1, 0.15) is 0 Å². The van der Waals surface area contributed by atoms with Gasteiger partial charge >= 0.3 is 25.0 Å². The molecule has 2 atom stereocenters.